The Kier molecular flexibility index (Phi) is 15.7. The van der Waals surface area contributed by atoms with Crippen molar-refractivity contribution in [3.8, 4) is 45.8 Å². The molecule has 6 aromatic rings. The van der Waals surface area contributed by atoms with E-state index in [-0.39, 0.29) is 73.2 Å². The Morgan fingerprint density at radius 2 is 1.11 bits per heavy atom. The van der Waals surface area contributed by atoms with Crippen LogP contribution in [0.3, 0.4) is 0 Å². The molecule has 24 heteroatoms. The summed E-state index contributed by atoms with van der Waals surface area (Å²) in [6, 6.07) is 6.17. The molecule has 79 heavy (non-hydrogen) atoms. The molecule has 4 aromatic heterocycles. The number of hydrogen-bond donors (Lipinski definition) is 4. The molecule has 414 valence electrons. The molecule has 0 radical (unpaired) electrons. The monoisotopic (exact) mass is 1150 g/mol. The van der Waals surface area contributed by atoms with E-state index < -0.39 is 0 Å². The number of anilines is 4. The molecule has 4 N–H and O–H groups in total. The molecular formula is C55H58Cl4N12O8. The van der Waals surface area contributed by atoms with Gasteiger partial charge < -0.3 is 59.5 Å². The topological polar surface area (TPSA) is 221 Å². The first-order chi connectivity index (χ1) is 38.3. The van der Waals surface area contributed by atoms with Crippen LogP contribution in [0.5, 0.6) is 23.0 Å². The van der Waals surface area contributed by atoms with Gasteiger partial charge in [-0.3, -0.25) is 9.59 Å². The fraction of sp³-hybridized carbons (Fsp3) is 0.418. The fourth-order valence-corrected chi connectivity index (χ4v) is 12.7. The minimum Gasteiger partial charge on any atom is -0.495 e. The van der Waals surface area contributed by atoms with Gasteiger partial charge in [-0.25, -0.2) is 29.9 Å². The van der Waals surface area contributed by atoms with Gasteiger partial charge in [-0.05, 0) is 62.3 Å². The van der Waals surface area contributed by atoms with E-state index in [1.807, 2.05) is 12.1 Å². The van der Waals surface area contributed by atoms with Crippen LogP contribution in [-0.2, 0) is 19.1 Å². The largest absolute Gasteiger partial charge is 0.495 e. The van der Waals surface area contributed by atoms with Crippen molar-refractivity contribution >= 4 is 103 Å². The molecule has 1 saturated carbocycles. The molecule has 1 spiro atoms. The van der Waals surface area contributed by atoms with Crippen LogP contribution in [0.4, 0.5) is 23.3 Å². The number of aromatic nitrogens is 6. The van der Waals surface area contributed by atoms with Crippen LogP contribution in [0.15, 0.2) is 62.0 Å². The van der Waals surface area contributed by atoms with E-state index in [1.54, 1.807) is 31.6 Å². The third-order valence-corrected chi connectivity index (χ3v) is 16.9. The number of carbonyl (C=O) groups is 2. The Hall–Kier alpha value is -6.68. The maximum atomic E-state index is 12.2. The summed E-state index contributed by atoms with van der Waals surface area (Å²) in [6.07, 6.45) is 10.7. The van der Waals surface area contributed by atoms with E-state index >= 15 is 0 Å². The van der Waals surface area contributed by atoms with Crippen LogP contribution in [0, 0.1) is 11.3 Å². The second kappa shape index (κ2) is 22.8. The summed E-state index contributed by atoms with van der Waals surface area (Å²) in [7, 11) is 4.58. The number of pyridine rings is 2. The number of fused-ring (bicyclic) bond motifs is 2. The SMILES string of the molecule is C=CC(=O)N[C@H]1COC[C@H]1Nc1cc2c(N3CC4(CCC(COc5cc(OC)c(Cl)c(-c6nc(N7CCCC7)c7cc(N[C@@H]8COC[C@@H]8NC(=O)C=C)ncc7n6)c5Cl)C4)C3)nc(-c3c(Cl)c(OC)cc(OC)c3Cl)nc2cn1. The molecule has 5 fully saturated rings. The number of nitrogens with one attached hydrogen (secondary N) is 4. The molecule has 2 amide bonds. The van der Waals surface area contributed by atoms with Crippen molar-refractivity contribution in [2.75, 3.05) is 101 Å². The summed E-state index contributed by atoms with van der Waals surface area (Å²) >= 11 is 28.3. The highest BCUT2D eigenvalue weighted by Gasteiger charge is 2.49. The first-order valence-corrected chi connectivity index (χ1v) is 27.5. The van der Waals surface area contributed by atoms with Crippen molar-refractivity contribution in [2.45, 2.75) is 56.3 Å². The number of ether oxygens (including phenoxy) is 6. The van der Waals surface area contributed by atoms with Crippen molar-refractivity contribution in [3.05, 3.63) is 82.1 Å². The molecule has 1 aliphatic carbocycles. The van der Waals surface area contributed by atoms with E-state index in [1.165, 1.54) is 26.4 Å². The number of nitrogens with zero attached hydrogens (tertiary/aromatic N) is 8. The maximum Gasteiger partial charge on any atom is 0.243 e. The van der Waals surface area contributed by atoms with E-state index in [2.05, 4.69) is 44.2 Å². The zero-order chi connectivity index (χ0) is 55.1. The number of rotatable bonds is 18. The van der Waals surface area contributed by atoms with Gasteiger partial charge >= 0.3 is 0 Å². The number of amides is 2. The highest BCUT2D eigenvalue weighted by atomic mass is 35.5. The highest BCUT2D eigenvalue weighted by Crippen LogP contribution is 2.52. The van der Waals surface area contributed by atoms with Crippen molar-refractivity contribution in [1.29, 1.82) is 0 Å². The smallest absolute Gasteiger partial charge is 0.243 e. The minimum absolute atomic E-state index is 0.0270. The molecule has 5 aliphatic rings. The molecule has 4 saturated heterocycles. The van der Waals surface area contributed by atoms with Crippen molar-refractivity contribution in [1.82, 2.24) is 40.5 Å². The van der Waals surface area contributed by atoms with Gasteiger partial charge in [0.2, 0.25) is 11.8 Å². The molecule has 11 rings (SSSR count). The van der Waals surface area contributed by atoms with Crippen molar-refractivity contribution < 1.29 is 38.0 Å². The normalized spacial score (nSPS) is 21.3. The standard InChI is InChI=1S/C55H58Cl4N12O8/c1-6-43(72)64-35-24-77-22-33(35)62-41-14-29-31(19-60-41)66-52(68-53(29)70-12-8-9-13-70)46-49(58)39(76-5)17-40(50(46)59)79-21-28-10-11-55(18-28)26-71(27-55)54-30-15-42(63-34-23-78-25-36(34)65-44(73)7-2)61-20-32(30)67-51(69-54)45-47(56)37(74-3)16-38(75-4)48(45)57/h6-7,14-17,19-20,28,33-36H,1-2,8-13,18,21-27H2,3-5H3,(H,60,62)(H,61,63)(H,64,72)(H,65,73)/t28?,33-,34-,35+,36+/m1/s1. The first-order valence-electron chi connectivity index (χ1n) is 26.0. The van der Waals surface area contributed by atoms with Crippen LogP contribution >= 0.6 is 46.4 Å². The summed E-state index contributed by atoms with van der Waals surface area (Å²) in [6.45, 7) is 12.1. The van der Waals surface area contributed by atoms with Gasteiger partial charge in [0.05, 0.1) is 133 Å². The Balaban J connectivity index is 0.842. The lowest BCUT2D eigenvalue weighted by Gasteiger charge is -2.49. The lowest BCUT2D eigenvalue weighted by molar-refractivity contribution is -0.118. The van der Waals surface area contributed by atoms with Crippen LogP contribution in [0.25, 0.3) is 44.6 Å². The molecule has 1 unspecified atom stereocenters. The Morgan fingerprint density at radius 3 is 1.59 bits per heavy atom. The third-order valence-electron chi connectivity index (χ3n) is 15.4. The predicted octanol–water partition coefficient (Wildman–Crippen LogP) is 8.59. The molecule has 0 bridgehead atoms. The summed E-state index contributed by atoms with van der Waals surface area (Å²) in [4.78, 5) is 58.6. The average Bonchev–Trinajstić information content (AvgIpc) is 4.47. The molecule has 2 aromatic carbocycles. The second-order valence-corrected chi connectivity index (χ2v) is 22.0. The lowest BCUT2D eigenvalue weighted by atomic mass is 9.77. The predicted molar refractivity (Wildman–Crippen MR) is 305 cm³/mol. The number of halogens is 4. The van der Waals surface area contributed by atoms with E-state index in [4.69, 9.17) is 105 Å². The molecule has 8 heterocycles. The number of benzene rings is 2. The number of methoxy groups -OCH3 is 3. The lowest BCUT2D eigenvalue weighted by Crippen LogP contribution is -2.55. The van der Waals surface area contributed by atoms with Crippen LogP contribution in [-0.4, -0.2) is 146 Å². The van der Waals surface area contributed by atoms with E-state index in [0.29, 0.717) is 115 Å². The van der Waals surface area contributed by atoms with Crippen LogP contribution in [0.2, 0.25) is 20.1 Å². The zero-order valence-electron chi connectivity index (χ0n) is 43.7. The second-order valence-electron chi connectivity index (χ2n) is 20.5. The maximum absolute atomic E-state index is 12.2. The van der Waals surface area contributed by atoms with Gasteiger partial charge in [0.1, 0.15) is 46.3 Å². The van der Waals surface area contributed by atoms with E-state index in [9.17, 15) is 9.59 Å². The van der Waals surface area contributed by atoms with Gasteiger partial charge in [-0.15, -0.1) is 0 Å². The van der Waals surface area contributed by atoms with Crippen LogP contribution < -0.4 is 50.0 Å². The zero-order valence-corrected chi connectivity index (χ0v) is 46.7. The number of carbonyl (C=O) groups excluding carboxylic acids is 2. The Bertz CT molecular complexity index is 3350. The van der Waals surface area contributed by atoms with Crippen molar-refractivity contribution in [2.24, 2.45) is 11.3 Å². The van der Waals surface area contributed by atoms with Crippen LogP contribution in [0.1, 0.15) is 32.1 Å². The summed E-state index contributed by atoms with van der Waals surface area (Å²) < 4.78 is 35.1. The fourth-order valence-electron chi connectivity index (χ4n) is 11.4. The van der Waals surface area contributed by atoms with Gasteiger partial charge in [-0.1, -0.05) is 59.6 Å². The quantitative estimate of drug-likeness (QED) is 0.0592. The minimum atomic E-state index is -0.292. The van der Waals surface area contributed by atoms with Gasteiger partial charge in [0, 0.05) is 54.5 Å². The number of hydrogen-bond acceptors (Lipinski definition) is 18. The highest BCUT2D eigenvalue weighted by molar-refractivity contribution is 6.41. The molecular weight excluding hydrogens is 1100 g/mol. The average molecular weight is 1160 g/mol. The van der Waals surface area contributed by atoms with Gasteiger partial charge in [-0.2, -0.15) is 0 Å². The van der Waals surface area contributed by atoms with Gasteiger partial charge in [0.25, 0.3) is 0 Å². The van der Waals surface area contributed by atoms with Gasteiger partial charge in [0.15, 0.2) is 11.6 Å². The Labute approximate surface area is 475 Å². The summed E-state index contributed by atoms with van der Waals surface area (Å²) in [5.41, 5.74) is 1.88. The third kappa shape index (κ3) is 10.8. The van der Waals surface area contributed by atoms with Crippen molar-refractivity contribution in [3.63, 3.8) is 0 Å². The molecule has 5 atom stereocenters. The first kappa shape index (κ1) is 54.3. The van der Waals surface area contributed by atoms with E-state index in [0.717, 1.165) is 61.8 Å². The summed E-state index contributed by atoms with van der Waals surface area (Å²) in [5, 5.41) is 15.3. The molecule has 20 nitrogen and oxygen atoms in total. The Morgan fingerprint density at radius 1 is 0.658 bits per heavy atom. The molecule has 4 aliphatic heterocycles. The summed E-state index contributed by atoms with van der Waals surface area (Å²) in [5.74, 6) is 4.26.